The summed E-state index contributed by atoms with van der Waals surface area (Å²) in [6, 6.07) is 3.71. The normalized spacial score (nSPS) is 13.1. The van der Waals surface area contributed by atoms with Gasteiger partial charge in [0.2, 0.25) is 0 Å². The molecule has 1 aromatic rings. The van der Waals surface area contributed by atoms with Crippen molar-refractivity contribution in [2.45, 2.75) is 6.42 Å². The smallest absolute Gasteiger partial charge is 0.169 e. The summed E-state index contributed by atoms with van der Waals surface area (Å²) in [5.74, 6) is 1.61. The lowest BCUT2D eigenvalue weighted by molar-refractivity contribution is 0.169. The van der Waals surface area contributed by atoms with Gasteiger partial charge in [-0.15, -0.1) is 0 Å². The molecule has 0 aromatic heterocycles. The minimum absolute atomic E-state index is 0.176. The Bertz CT molecular complexity index is 454. The summed E-state index contributed by atoms with van der Waals surface area (Å²) in [5.41, 5.74) is 0.646. The van der Waals surface area contributed by atoms with Gasteiger partial charge in [-0.1, -0.05) is 11.6 Å². The van der Waals surface area contributed by atoms with Gasteiger partial charge in [-0.3, -0.25) is 0 Å². The van der Waals surface area contributed by atoms with Crippen LogP contribution in [0.4, 0.5) is 0 Å². The minimum Gasteiger partial charge on any atom is -0.495 e. The Balaban J connectivity index is 2.59. The molecular formula is C11H10ClNO3. The first kappa shape index (κ1) is 10.9. The summed E-state index contributed by atoms with van der Waals surface area (Å²) in [7, 11) is 1.51. The molecule has 0 radical (unpaired) electrons. The summed E-state index contributed by atoms with van der Waals surface area (Å²) < 4.78 is 16.1. The van der Waals surface area contributed by atoms with E-state index < -0.39 is 0 Å². The number of halogens is 1. The molecule has 1 aliphatic heterocycles. The van der Waals surface area contributed by atoms with Crippen LogP contribution in [0.1, 0.15) is 5.56 Å². The highest BCUT2D eigenvalue weighted by atomic mass is 35.5. The van der Waals surface area contributed by atoms with Gasteiger partial charge in [-0.25, -0.2) is 0 Å². The maximum Gasteiger partial charge on any atom is 0.169 e. The molecule has 0 N–H and O–H groups in total. The Morgan fingerprint density at radius 2 is 2.25 bits per heavy atom. The Labute approximate surface area is 98.3 Å². The first-order valence-corrected chi connectivity index (χ1v) is 5.17. The van der Waals surface area contributed by atoms with E-state index in [1.165, 1.54) is 7.11 Å². The van der Waals surface area contributed by atoms with Crippen LogP contribution in [-0.2, 0) is 6.42 Å². The van der Waals surface area contributed by atoms with Gasteiger partial charge < -0.3 is 14.2 Å². The Hall–Kier alpha value is -1.60. The van der Waals surface area contributed by atoms with Crippen LogP contribution in [0, 0.1) is 11.3 Å². The highest BCUT2D eigenvalue weighted by Gasteiger charge is 2.22. The van der Waals surface area contributed by atoms with Crippen LogP contribution in [0.15, 0.2) is 6.07 Å². The number of nitrogens with zero attached hydrogens (tertiary/aromatic N) is 1. The topological polar surface area (TPSA) is 51.5 Å². The number of methoxy groups -OCH3 is 1. The van der Waals surface area contributed by atoms with Crippen LogP contribution in [0.3, 0.4) is 0 Å². The van der Waals surface area contributed by atoms with Crippen molar-refractivity contribution in [3.05, 3.63) is 16.7 Å². The number of benzene rings is 1. The summed E-state index contributed by atoms with van der Waals surface area (Å²) in [4.78, 5) is 0. The maximum atomic E-state index is 8.79. The predicted molar refractivity (Wildman–Crippen MR) is 58.3 cm³/mol. The molecule has 1 heterocycles. The van der Waals surface area contributed by atoms with Crippen LogP contribution in [0.25, 0.3) is 0 Å². The van der Waals surface area contributed by atoms with Crippen molar-refractivity contribution in [3.8, 4) is 23.3 Å². The maximum absolute atomic E-state index is 8.79. The van der Waals surface area contributed by atoms with Gasteiger partial charge in [-0.05, 0) is 0 Å². The average molecular weight is 240 g/mol. The molecule has 5 heteroatoms. The standard InChI is InChI=1S/C11H10ClNO3/c1-14-10-7(2-3-13)11-9(6-8(10)12)15-4-5-16-11/h6H,2,4-5H2,1H3. The Morgan fingerprint density at radius 1 is 1.50 bits per heavy atom. The molecule has 0 atom stereocenters. The lowest BCUT2D eigenvalue weighted by atomic mass is 10.1. The summed E-state index contributed by atoms with van der Waals surface area (Å²) >= 11 is 6.03. The SMILES string of the molecule is COc1c(Cl)cc2c(c1CC#N)OCCO2. The molecule has 0 bridgehead atoms. The third-order valence-electron chi connectivity index (χ3n) is 2.29. The molecule has 0 amide bonds. The fraction of sp³-hybridized carbons (Fsp3) is 0.364. The molecule has 0 fully saturated rings. The zero-order chi connectivity index (χ0) is 11.5. The average Bonchev–Trinajstić information content (AvgIpc) is 2.29. The van der Waals surface area contributed by atoms with Crippen molar-refractivity contribution in [2.24, 2.45) is 0 Å². The van der Waals surface area contributed by atoms with E-state index in [1.807, 2.05) is 0 Å². The molecule has 1 aliphatic rings. The van der Waals surface area contributed by atoms with Crippen LogP contribution < -0.4 is 14.2 Å². The first-order chi connectivity index (χ1) is 7.77. The second kappa shape index (κ2) is 4.50. The summed E-state index contributed by atoms with van der Waals surface area (Å²) in [6.45, 7) is 0.956. The molecule has 84 valence electrons. The largest absolute Gasteiger partial charge is 0.495 e. The quantitative estimate of drug-likeness (QED) is 0.794. The fourth-order valence-electron chi connectivity index (χ4n) is 1.66. The third-order valence-corrected chi connectivity index (χ3v) is 2.57. The first-order valence-electron chi connectivity index (χ1n) is 4.80. The van der Waals surface area contributed by atoms with E-state index in [4.69, 9.17) is 31.1 Å². The van der Waals surface area contributed by atoms with Crippen molar-refractivity contribution in [1.82, 2.24) is 0 Å². The van der Waals surface area contributed by atoms with Crippen LogP contribution in [0.2, 0.25) is 5.02 Å². The van der Waals surface area contributed by atoms with Gasteiger partial charge in [-0.2, -0.15) is 5.26 Å². The summed E-state index contributed by atoms with van der Waals surface area (Å²) in [6.07, 6.45) is 0.176. The number of nitriles is 1. The molecule has 0 saturated heterocycles. The molecule has 1 aromatic carbocycles. The lowest BCUT2D eigenvalue weighted by Crippen LogP contribution is -2.17. The van der Waals surface area contributed by atoms with E-state index in [2.05, 4.69) is 6.07 Å². The van der Waals surface area contributed by atoms with Gasteiger partial charge >= 0.3 is 0 Å². The van der Waals surface area contributed by atoms with Gasteiger partial charge in [0.25, 0.3) is 0 Å². The van der Waals surface area contributed by atoms with E-state index >= 15 is 0 Å². The van der Waals surface area contributed by atoms with Gasteiger partial charge in [0, 0.05) is 6.07 Å². The number of hydrogen-bond acceptors (Lipinski definition) is 4. The third kappa shape index (κ3) is 1.74. The fourth-order valence-corrected chi connectivity index (χ4v) is 1.95. The van der Waals surface area contributed by atoms with Crippen LogP contribution in [-0.4, -0.2) is 20.3 Å². The van der Waals surface area contributed by atoms with E-state index in [-0.39, 0.29) is 6.42 Å². The number of hydrogen-bond donors (Lipinski definition) is 0. The van der Waals surface area contributed by atoms with Crippen LogP contribution in [0.5, 0.6) is 17.2 Å². The molecule has 0 spiro atoms. The zero-order valence-corrected chi connectivity index (χ0v) is 9.50. The molecule has 0 saturated carbocycles. The number of rotatable bonds is 2. The number of ether oxygens (including phenoxy) is 3. The van der Waals surface area contributed by atoms with Crippen molar-refractivity contribution in [3.63, 3.8) is 0 Å². The van der Waals surface area contributed by atoms with Crippen LogP contribution >= 0.6 is 11.6 Å². The van der Waals surface area contributed by atoms with E-state index in [9.17, 15) is 0 Å². The second-order valence-corrected chi connectivity index (χ2v) is 3.64. The predicted octanol–water partition coefficient (Wildman–Crippen LogP) is 2.19. The Kier molecular flexibility index (Phi) is 3.07. The minimum atomic E-state index is 0.176. The molecule has 0 unspecified atom stereocenters. The molecule has 0 aliphatic carbocycles. The monoisotopic (exact) mass is 239 g/mol. The second-order valence-electron chi connectivity index (χ2n) is 3.23. The van der Waals surface area contributed by atoms with Gasteiger partial charge in [0.1, 0.15) is 19.0 Å². The van der Waals surface area contributed by atoms with Crippen molar-refractivity contribution in [1.29, 1.82) is 5.26 Å². The highest BCUT2D eigenvalue weighted by Crippen LogP contribution is 2.44. The zero-order valence-electron chi connectivity index (χ0n) is 8.75. The molecular weight excluding hydrogens is 230 g/mol. The van der Waals surface area contributed by atoms with E-state index in [0.717, 1.165) is 0 Å². The molecule has 2 rings (SSSR count). The van der Waals surface area contributed by atoms with E-state index in [1.54, 1.807) is 6.07 Å². The van der Waals surface area contributed by atoms with Crippen molar-refractivity contribution < 1.29 is 14.2 Å². The molecule has 16 heavy (non-hydrogen) atoms. The van der Waals surface area contributed by atoms with Gasteiger partial charge in [0.05, 0.1) is 30.2 Å². The lowest BCUT2D eigenvalue weighted by Gasteiger charge is -2.22. The Morgan fingerprint density at radius 3 is 2.94 bits per heavy atom. The molecule has 4 nitrogen and oxygen atoms in total. The highest BCUT2D eigenvalue weighted by molar-refractivity contribution is 6.32. The summed E-state index contributed by atoms with van der Waals surface area (Å²) in [5, 5.41) is 9.21. The number of fused-ring (bicyclic) bond motifs is 1. The van der Waals surface area contributed by atoms with Gasteiger partial charge in [0.15, 0.2) is 11.5 Å². The van der Waals surface area contributed by atoms with Crippen molar-refractivity contribution >= 4 is 11.6 Å². The van der Waals surface area contributed by atoms with E-state index in [0.29, 0.717) is 41.0 Å². The van der Waals surface area contributed by atoms with Crippen molar-refractivity contribution in [2.75, 3.05) is 20.3 Å².